The molecule has 0 radical (unpaired) electrons. The number of aryl methyl sites for hydroxylation is 1. The van der Waals surface area contributed by atoms with E-state index in [0.717, 1.165) is 41.1 Å². The minimum Gasteiger partial charge on any atom is -0.493 e. The van der Waals surface area contributed by atoms with Crippen LogP contribution in [0.25, 0.3) is 0 Å². The van der Waals surface area contributed by atoms with Crippen LogP contribution in [0.1, 0.15) is 39.5 Å². The second-order valence-electron chi connectivity index (χ2n) is 10.1. The highest BCUT2D eigenvalue weighted by Gasteiger charge is 2.22. The quantitative estimate of drug-likeness (QED) is 0.271. The zero-order valence-electron chi connectivity index (χ0n) is 24.8. The fourth-order valence-electron chi connectivity index (χ4n) is 5.09. The zero-order valence-corrected chi connectivity index (χ0v) is 24.8. The van der Waals surface area contributed by atoms with Crippen molar-refractivity contribution >= 4 is 29.4 Å². The maximum absolute atomic E-state index is 13.2. The van der Waals surface area contributed by atoms with Gasteiger partial charge in [-0.05, 0) is 78.9 Å². The lowest BCUT2D eigenvalue weighted by Crippen LogP contribution is -2.32. The van der Waals surface area contributed by atoms with Crippen LogP contribution < -0.4 is 29.9 Å². The Morgan fingerprint density at radius 3 is 2.33 bits per heavy atom. The van der Waals surface area contributed by atoms with Crippen LogP contribution in [0.4, 0.5) is 23.5 Å². The van der Waals surface area contributed by atoms with Crippen LogP contribution in [0.3, 0.4) is 0 Å². The highest BCUT2D eigenvalue weighted by atomic mass is 16.5. The van der Waals surface area contributed by atoms with Crippen molar-refractivity contribution in [1.82, 2.24) is 15.0 Å². The summed E-state index contributed by atoms with van der Waals surface area (Å²) in [5, 5.41) is 6.36. The number of amides is 1. The molecule has 1 aliphatic rings. The number of fused-ring (bicyclic) bond motifs is 1. The van der Waals surface area contributed by atoms with E-state index in [4.69, 9.17) is 14.5 Å². The van der Waals surface area contributed by atoms with Gasteiger partial charge in [0.1, 0.15) is 0 Å². The molecule has 1 aliphatic heterocycles. The van der Waals surface area contributed by atoms with Gasteiger partial charge >= 0.3 is 0 Å². The molecule has 5 rings (SSSR count). The third-order valence-electron chi connectivity index (χ3n) is 7.37. The van der Waals surface area contributed by atoms with Crippen molar-refractivity contribution < 1.29 is 14.3 Å². The van der Waals surface area contributed by atoms with Crippen molar-refractivity contribution in [2.24, 2.45) is 0 Å². The lowest BCUT2D eigenvalue weighted by Gasteiger charge is -2.29. The number of nitrogens with zero attached hydrogens (tertiary/aromatic N) is 5. The summed E-state index contributed by atoms with van der Waals surface area (Å²) < 4.78 is 11.0. The lowest BCUT2D eigenvalue weighted by molar-refractivity contribution is 0.0988. The molecule has 0 atom stereocenters. The highest BCUT2D eigenvalue weighted by Crippen LogP contribution is 2.34. The predicted octanol–water partition coefficient (Wildman–Crippen LogP) is 5.08. The average molecular weight is 568 g/mol. The Morgan fingerprint density at radius 1 is 0.952 bits per heavy atom. The molecule has 0 aliphatic carbocycles. The number of rotatable bonds is 10. The molecule has 218 valence electrons. The highest BCUT2D eigenvalue weighted by molar-refractivity contribution is 6.06. The monoisotopic (exact) mass is 567 g/mol. The molecule has 10 heteroatoms. The fraction of sp³-hybridized carbons (Fsp3) is 0.312. The van der Waals surface area contributed by atoms with Crippen molar-refractivity contribution in [1.29, 1.82) is 0 Å². The summed E-state index contributed by atoms with van der Waals surface area (Å²) in [6, 6.07) is 19.7. The van der Waals surface area contributed by atoms with Crippen molar-refractivity contribution in [3.8, 4) is 11.5 Å². The van der Waals surface area contributed by atoms with Crippen molar-refractivity contribution in [2.45, 2.75) is 33.4 Å². The minimum absolute atomic E-state index is 0.0254. The molecule has 3 aromatic carbocycles. The van der Waals surface area contributed by atoms with Gasteiger partial charge in [0, 0.05) is 44.5 Å². The van der Waals surface area contributed by atoms with Crippen LogP contribution in [-0.4, -0.2) is 55.2 Å². The van der Waals surface area contributed by atoms with E-state index in [1.807, 2.05) is 74.5 Å². The van der Waals surface area contributed by atoms with Crippen LogP contribution in [-0.2, 0) is 19.5 Å². The number of hydrogen-bond acceptors (Lipinski definition) is 9. The van der Waals surface area contributed by atoms with Crippen LogP contribution >= 0.6 is 0 Å². The topological polar surface area (TPSA) is 105 Å². The van der Waals surface area contributed by atoms with E-state index in [-0.39, 0.29) is 5.91 Å². The largest absolute Gasteiger partial charge is 0.493 e. The number of aromatic nitrogens is 3. The first-order chi connectivity index (χ1) is 20.4. The molecule has 42 heavy (non-hydrogen) atoms. The van der Waals surface area contributed by atoms with Gasteiger partial charge in [0.25, 0.3) is 5.91 Å². The Balaban J connectivity index is 1.28. The van der Waals surface area contributed by atoms with E-state index in [9.17, 15) is 4.79 Å². The molecule has 0 saturated heterocycles. The summed E-state index contributed by atoms with van der Waals surface area (Å²) in [5.41, 5.74) is 6.05. The van der Waals surface area contributed by atoms with Gasteiger partial charge in [-0.2, -0.15) is 15.0 Å². The molecule has 4 aromatic rings. The number of carbonyl (C=O) groups excluding carboxylic acids is 1. The number of carbonyl (C=O) groups is 1. The maximum atomic E-state index is 13.2. The van der Waals surface area contributed by atoms with Crippen LogP contribution in [0, 0.1) is 6.92 Å². The normalized spacial score (nSPS) is 12.4. The van der Waals surface area contributed by atoms with Crippen molar-refractivity contribution in [3.05, 3.63) is 88.5 Å². The van der Waals surface area contributed by atoms with E-state index in [2.05, 4.69) is 25.5 Å². The number of anilines is 4. The first-order valence-corrected chi connectivity index (χ1v) is 14.1. The number of ether oxygens (including phenoxy) is 2. The van der Waals surface area contributed by atoms with Gasteiger partial charge in [0.2, 0.25) is 17.8 Å². The third kappa shape index (κ3) is 6.22. The lowest BCUT2D eigenvalue weighted by atomic mass is 9.99. The summed E-state index contributed by atoms with van der Waals surface area (Å²) in [7, 11) is 5.08. The van der Waals surface area contributed by atoms with E-state index in [1.165, 1.54) is 5.56 Å². The molecule has 1 aromatic heterocycles. The van der Waals surface area contributed by atoms with E-state index < -0.39 is 0 Å². The SMILES string of the molecule is CCN(C(=O)c1ccc(CNc2nc(NC)nc(N3CCc4cc(OC)c(OC)cc4C3)n2)cc1)c1cccc(C)c1. The summed E-state index contributed by atoms with van der Waals surface area (Å²) >= 11 is 0. The second-order valence-corrected chi connectivity index (χ2v) is 10.1. The van der Waals surface area contributed by atoms with Gasteiger partial charge < -0.3 is 29.9 Å². The second kappa shape index (κ2) is 12.8. The summed E-state index contributed by atoms with van der Waals surface area (Å²) in [6.45, 7) is 6.51. The Bertz CT molecular complexity index is 1560. The minimum atomic E-state index is -0.0254. The summed E-state index contributed by atoms with van der Waals surface area (Å²) in [6.07, 6.45) is 0.837. The van der Waals surface area contributed by atoms with Gasteiger partial charge in [-0.1, -0.05) is 24.3 Å². The van der Waals surface area contributed by atoms with Gasteiger partial charge in [-0.3, -0.25) is 4.79 Å². The smallest absolute Gasteiger partial charge is 0.258 e. The Labute approximate surface area is 246 Å². The molecule has 0 fully saturated rings. The fourth-order valence-corrected chi connectivity index (χ4v) is 5.09. The summed E-state index contributed by atoms with van der Waals surface area (Å²) in [4.78, 5) is 31.0. The van der Waals surface area contributed by atoms with Crippen molar-refractivity contribution in [2.75, 3.05) is 54.8 Å². The van der Waals surface area contributed by atoms with Gasteiger partial charge in [0.05, 0.1) is 14.2 Å². The van der Waals surface area contributed by atoms with Crippen LogP contribution in [0.2, 0.25) is 0 Å². The molecule has 0 saturated carbocycles. The standard InChI is InChI=1S/C32H37N7O3/c1-6-39(26-9-7-8-21(2)16-26)29(40)23-12-10-22(11-13-23)19-34-31-35-30(33-3)36-32(37-31)38-15-14-24-17-27(41-4)28(42-5)18-25(24)20-38/h7-13,16-18H,6,14-15,19-20H2,1-5H3,(H2,33,34,35,36,37). The predicted molar refractivity (Wildman–Crippen MR) is 166 cm³/mol. The maximum Gasteiger partial charge on any atom is 0.258 e. The van der Waals surface area contributed by atoms with Crippen LogP contribution in [0.5, 0.6) is 11.5 Å². The number of benzene rings is 3. The van der Waals surface area contributed by atoms with Crippen LogP contribution in [0.15, 0.2) is 60.7 Å². The molecule has 1 amide bonds. The zero-order chi connectivity index (χ0) is 29.6. The summed E-state index contributed by atoms with van der Waals surface area (Å²) in [5.74, 6) is 2.96. The Kier molecular flexibility index (Phi) is 8.71. The number of methoxy groups -OCH3 is 2. The average Bonchev–Trinajstić information content (AvgIpc) is 3.03. The molecule has 2 N–H and O–H groups in total. The van der Waals surface area contributed by atoms with Gasteiger partial charge in [0.15, 0.2) is 11.5 Å². The molecule has 2 heterocycles. The first-order valence-electron chi connectivity index (χ1n) is 14.1. The molecule has 0 spiro atoms. The van der Waals surface area contributed by atoms with Gasteiger partial charge in [-0.15, -0.1) is 0 Å². The first kappa shape index (κ1) is 28.7. The molecule has 0 bridgehead atoms. The Morgan fingerprint density at radius 2 is 1.67 bits per heavy atom. The Hall–Kier alpha value is -4.86. The van der Waals surface area contributed by atoms with Gasteiger partial charge in [-0.25, -0.2) is 0 Å². The van der Waals surface area contributed by atoms with E-state index >= 15 is 0 Å². The third-order valence-corrected chi connectivity index (χ3v) is 7.37. The number of nitrogens with one attached hydrogen (secondary N) is 2. The molecular weight excluding hydrogens is 530 g/mol. The van der Waals surface area contributed by atoms with Crippen molar-refractivity contribution in [3.63, 3.8) is 0 Å². The van der Waals surface area contributed by atoms with E-state index in [1.54, 1.807) is 26.2 Å². The number of hydrogen-bond donors (Lipinski definition) is 2. The molecular formula is C32H37N7O3. The van der Waals surface area contributed by atoms with E-state index in [0.29, 0.717) is 48.8 Å². The molecule has 0 unspecified atom stereocenters. The molecule has 10 nitrogen and oxygen atoms in total.